The van der Waals surface area contributed by atoms with Crippen LogP contribution in [0, 0.1) is 0 Å². The van der Waals surface area contributed by atoms with Crippen molar-refractivity contribution in [1.29, 1.82) is 0 Å². The summed E-state index contributed by atoms with van der Waals surface area (Å²) in [5.74, 6) is -3.22. The zero-order valence-corrected chi connectivity index (χ0v) is 15.7. The van der Waals surface area contributed by atoms with Crippen LogP contribution >= 0.6 is 0 Å². The number of ether oxygens (including phenoxy) is 5. The van der Waals surface area contributed by atoms with E-state index in [-0.39, 0.29) is 19.4 Å². The third-order valence-corrected chi connectivity index (χ3v) is 5.33. The number of methoxy groups -OCH3 is 2. The van der Waals surface area contributed by atoms with Gasteiger partial charge in [0.25, 0.3) is 5.92 Å². The normalized spacial score (nSPS) is 21.6. The molecule has 0 atom stereocenters. The van der Waals surface area contributed by atoms with Crippen LogP contribution in [-0.4, -0.2) is 44.7 Å². The maximum absolute atomic E-state index is 15.1. The first-order valence-corrected chi connectivity index (χ1v) is 9.07. The van der Waals surface area contributed by atoms with E-state index in [0.717, 1.165) is 17.9 Å². The quantitative estimate of drug-likeness (QED) is 0.664. The molecule has 3 rings (SSSR count). The van der Waals surface area contributed by atoms with Crippen molar-refractivity contribution in [3.8, 4) is 5.75 Å². The summed E-state index contributed by atoms with van der Waals surface area (Å²) in [6.45, 7) is 1.08. The van der Waals surface area contributed by atoms with Crippen molar-refractivity contribution in [2.45, 2.75) is 49.6 Å². The van der Waals surface area contributed by atoms with Gasteiger partial charge in [0.05, 0.1) is 40.3 Å². The summed E-state index contributed by atoms with van der Waals surface area (Å²) < 4.78 is 57.2. The molecule has 2 fully saturated rings. The lowest BCUT2D eigenvalue weighted by Gasteiger charge is -2.46. The van der Waals surface area contributed by atoms with E-state index in [1.54, 1.807) is 19.2 Å². The van der Waals surface area contributed by atoms with Crippen molar-refractivity contribution < 1.29 is 32.5 Å². The average molecular weight is 384 g/mol. The monoisotopic (exact) mass is 384 g/mol. The molecule has 1 aromatic rings. The minimum absolute atomic E-state index is 0.0785. The predicted molar refractivity (Wildman–Crippen MR) is 94.7 cm³/mol. The molecule has 1 aliphatic carbocycles. The molecule has 1 spiro atoms. The summed E-state index contributed by atoms with van der Waals surface area (Å²) in [6.07, 6.45) is 2.77. The highest BCUT2D eigenvalue weighted by molar-refractivity contribution is 5.26. The molecular formula is C20H26F2O5. The zero-order valence-electron chi connectivity index (χ0n) is 15.7. The van der Waals surface area contributed by atoms with Gasteiger partial charge in [-0.2, -0.15) is 8.78 Å². The first-order chi connectivity index (χ1) is 12.9. The number of halogens is 2. The van der Waals surface area contributed by atoms with Crippen LogP contribution < -0.4 is 4.74 Å². The van der Waals surface area contributed by atoms with Gasteiger partial charge >= 0.3 is 0 Å². The van der Waals surface area contributed by atoms with Crippen molar-refractivity contribution in [2.24, 2.45) is 0 Å². The predicted octanol–water partition coefficient (Wildman–Crippen LogP) is 4.06. The number of rotatable bonds is 7. The lowest BCUT2D eigenvalue weighted by atomic mass is 9.77. The summed E-state index contributed by atoms with van der Waals surface area (Å²) in [5, 5.41) is 0. The second-order valence-corrected chi connectivity index (χ2v) is 6.90. The standard InChI is InChI=1S/C20H26F2O5/c1-23-12-11-20(21,22)18(7-9-19(10-8-18)25-13-14-26-19)27-15-16-3-5-17(24-2)6-4-16/h3-6,11-12H,7-10,13-15H2,1-2H3. The lowest BCUT2D eigenvalue weighted by molar-refractivity contribution is -0.256. The topological polar surface area (TPSA) is 46.2 Å². The van der Waals surface area contributed by atoms with Crippen molar-refractivity contribution in [2.75, 3.05) is 27.4 Å². The summed E-state index contributed by atoms with van der Waals surface area (Å²) in [6, 6.07) is 7.18. The highest BCUT2D eigenvalue weighted by atomic mass is 19.3. The largest absolute Gasteiger partial charge is 0.504 e. The second-order valence-electron chi connectivity index (χ2n) is 6.90. The molecule has 0 radical (unpaired) electrons. The van der Waals surface area contributed by atoms with Crippen molar-refractivity contribution >= 4 is 0 Å². The number of hydrogen-bond acceptors (Lipinski definition) is 5. The van der Waals surface area contributed by atoms with Crippen LogP contribution in [0.15, 0.2) is 36.6 Å². The van der Waals surface area contributed by atoms with Gasteiger partial charge in [0, 0.05) is 18.9 Å². The molecule has 27 heavy (non-hydrogen) atoms. The molecule has 1 saturated heterocycles. The van der Waals surface area contributed by atoms with Gasteiger partial charge in [0.2, 0.25) is 0 Å². The number of hydrogen-bond donors (Lipinski definition) is 0. The van der Waals surface area contributed by atoms with Gasteiger partial charge in [-0.3, -0.25) is 0 Å². The van der Waals surface area contributed by atoms with Crippen LogP contribution in [0.25, 0.3) is 0 Å². The Labute approximate surface area is 158 Å². The Hall–Kier alpha value is -1.70. The fraction of sp³-hybridized carbons (Fsp3) is 0.600. The number of alkyl halides is 2. The van der Waals surface area contributed by atoms with E-state index >= 15 is 8.78 Å². The Kier molecular flexibility index (Phi) is 6.03. The SMILES string of the molecule is COC=CC(F)(F)C1(OCc2ccc(OC)cc2)CCC2(CC1)OCCO2. The Balaban J connectivity index is 1.76. The van der Waals surface area contributed by atoms with Crippen LogP contribution in [0.5, 0.6) is 5.75 Å². The summed E-state index contributed by atoms with van der Waals surface area (Å²) in [4.78, 5) is 0. The molecule has 2 aliphatic rings. The fourth-order valence-corrected chi connectivity index (χ4v) is 3.64. The number of benzene rings is 1. The van der Waals surface area contributed by atoms with E-state index in [1.165, 1.54) is 7.11 Å². The van der Waals surface area contributed by atoms with Gasteiger partial charge in [-0.25, -0.2) is 0 Å². The van der Waals surface area contributed by atoms with Crippen LogP contribution in [0.1, 0.15) is 31.2 Å². The van der Waals surface area contributed by atoms with E-state index < -0.39 is 17.3 Å². The first kappa shape index (κ1) is 20.0. The zero-order chi connectivity index (χ0) is 19.4. The molecule has 5 nitrogen and oxygen atoms in total. The molecule has 0 amide bonds. The molecular weight excluding hydrogens is 358 g/mol. The second kappa shape index (κ2) is 8.12. The molecule has 0 unspecified atom stereocenters. The molecule has 1 aromatic carbocycles. The molecule has 0 bridgehead atoms. The van der Waals surface area contributed by atoms with E-state index in [9.17, 15) is 0 Å². The molecule has 1 heterocycles. The minimum atomic E-state index is -3.18. The third kappa shape index (κ3) is 4.25. The van der Waals surface area contributed by atoms with Crippen molar-refractivity contribution in [3.05, 3.63) is 42.2 Å². The maximum Gasteiger partial charge on any atom is 0.298 e. The van der Waals surface area contributed by atoms with E-state index in [4.69, 9.17) is 23.7 Å². The molecule has 7 heteroatoms. The van der Waals surface area contributed by atoms with Crippen molar-refractivity contribution in [1.82, 2.24) is 0 Å². The van der Waals surface area contributed by atoms with Gasteiger partial charge in [-0.05, 0) is 30.5 Å². The highest BCUT2D eigenvalue weighted by Crippen LogP contribution is 2.49. The van der Waals surface area contributed by atoms with Crippen LogP contribution in [0.4, 0.5) is 8.78 Å². The molecule has 0 aromatic heterocycles. The van der Waals surface area contributed by atoms with E-state index in [0.29, 0.717) is 31.8 Å². The van der Waals surface area contributed by atoms with Gasteiger partial charge in [-0.1, -0.05) is 12.1 Å². The Morgan fingerprint density at radius 2 is 1.67 bits per heavy atom. The summed E-state index contributed by atoms with van der Waals surface area (Å²) >= 11 is 0. The van der Waals surface area contributed by atoms with Crippen LogP contribution in [-0.2, 0) is 25.6 Å². The third-order valence-electron chi connectivity index (χ3n) is 5.33. The van der Waals surface area contributed by atoms with E-state index in [1.807, 2.05) is 12.1 Å². The molecule has 150 valence electrons. The van der Waals surface area contributed by atoms with Crippen molar-refractivity contribution in [3.63, 3.8) is 0 Å². The average Bonchev–Trinajstić information content (AvgIpc) is 3.15. The Bertz CT molecular complexity index is 628. The lowest BCUT2D eigenvalue weighted by Crippen LogP contribution is -2.54. The van der Waals surface area contributed by atoms with Gasteiger partial charge in [-0.15, -0.1) is 0 Å². The van der Waals surface area contributed by atoms with Gasteiger partial charge in [0.15, 0.2) is 5.79 Å². The molecule has 1 saturated carbocycles. The fourth-order valence-electron chi connectivity index (χ4n) is 3.64. The van der Waals surface area contributed by atoms with Crippen LogP contribution in [0.2, 0.25) is 0 Å². The van der Waals surface area contributed by atoms with Gasteiger partial charge < -0.3 is 23.7 Å². The van der Waals surface area contributed by atoms with Crippen LogP contribution in [0.3, 0.4) is 0 Å². The summed E-state index contributed by atoms with van der Waals surface area (Å²) in [5.41, 5.74) is -0.835. The molecule has 1 aliphatic heterocycles. The van der Waals surface area contributed by atoms with Gasteiger partial charge in [0.1, 0.15) is 11.4 Å². The Morgan fingerprint density at radius 3 is 2.22 bits per heavy atom. The molecule has 0 N–H and O–H groups in total. The smallest absolute Gasteiger partial charge is 0.298 e. The highest BCUT2D eigenvalue weighted by Gasteiger charge is 2.58. The van der Waals surface area contributed by atoms with E-state index in [2.05, 4.69) is 0 Å². The summed E-state index contributed by atoms with van der Waals surface area (Å²) in [7, 11) is 2.92. The minimum Gasteiger partial charge on any atom is -0.504 e. The first-order valence-electron chi connectivity index (χ1n) is 9.07. The Morgan fingerprint density at radius 1 is 1.04 bits per heavy atom. The maximum atomic E-state index is 15.1.